The second-order valence-electron chi connectivity index (χ2n) is 10.6. The Balaban J connectivity index is 1.67. The lowest BCUT2D eigenvalue weighted by molar-refractivity contribution is -0.0527. The zero-order chi connectivity index (χ0) is 18.0. The third-order valence-corrected chi connectivity index (χ3v) is 9.40. The maximum Gasteiger partial charge on any atom is 0.0582 e. The summed E-state index contributed by atoms with van der Waals surface area (Å²) in [7, 11) is 0. The molecule has 4 aliphatic rings. The fraction of sp³-hybridized carbons (Fsp3) is 0.833. The van der Waals surface area contributed by atoms with Crippen LogP contribution in [0.15, 0.2) is 24.3 Å². The normalized spacial score (nSPS) is 53.2. The van der Waals surface area contributed by atoms with Gasteiger partial charge >= 0.3 is 0 Å². The Morgan fingerprint density at radius 1 is 1.24 bits per heavy atom. The number of hydrogen-bond acceptors (Lipinski definition) is 1. The summed E-state index contributed by atoms with van der Waals surface area (Å²) in [6, 6.07) is 0. The molecule has 0 aromatic carbocycles. The van der Waals surface area contributed by atoms with E-state index in [0.29, 0.717) is 28.6 Å². The van der Waals surface area contributed by atoms with Crippen LogP contribution in [0.4, 0.5) is 0 Å². The van der Waals surface area contributed by atoms with Gasteiger partial charge in [-0.3, -0.25) is 0 Å². The van der Waals surface area contributed by atoms with Crippen molar-refractivity contribution in [1.82, 2.24) is 0 Å². The molecule has 3 saturated carbocycles. The third kappa shape index (κ3) is 2.44. The van der Waals surface area contributed by atoms with E-state index in [4.69, 9.17) is 0 Å². The van der Waals surface area contributed by atoms with Gasteiger partial charge in [-0.2, -0.15) is 0 Å². The Hall–Kier alpha value is -0.560. The van der Waals surface area contributed by atoms with Gasteiger partial charge in [-0.25, -0.2) is 0 Å². The maximum atomic E-state index is 10.9. The SMILES string of the molecule is C=C[C@@H](C)[C@H]1[C@H](O)C[C@H]2[C@@H]3CC=C4C[C@@H](C)CCC4(C)[C@H]3CC[C@]12C. The Morgan fingerprint density at radius 3 is 2.72 bits per heavy atom. The van der Waals surface area contributed by atoms with Crippen molar-refractivity contribution in [3.05, 3.63) is 24.3 Å². The zero-order valence-corrected chi connectivity index (χ0v) is 16.8. The van der Waals surface area contributed by atoms with Crippen LogP contribution in [0.1, 0.15) is 72.6 Å². The smallest absolute Gasteiger partial charge is 0.0582 e. The van der Waals surface area contributed by atoms with Gasteiger partial charge in [0.15, 0.2) is 0 Å². The molecule has 1 nitrogen and oxygen atoms in total. The van der Waals surface area contributed by atoms with Crippen LogP contribution < -0.4 is 0 Å². The molecule has 0 aromatic rings. The van der Waals surface area contributed by atoms with Crippen molar-refractivity contribution >= 4 is 0 Å². The number of rotatable bonds is 2. The number of allylic oxidation sites excluding steroid dienone is 3. The molecule has 0 saturated heterocycles. The summed E-state index contributed by atoms with van der Waals surface area (Å²) >= 11 is 0. The topological polar surface area (TPSA) is 20.2 Å². The highest BCUT2D eigenvalue weighted by molar-refractivity contribution is 5.25. The molecule has 1 unspecified atom stereocenters. The Morgan fingerprint density at radius 2 is 2.00 bits per heavy atom. The second-order valence-corrected chi connectivity index (χ2v) is 10.6. The van der Waals surface area contributed by atoms with Crippen LogP contribution in [0.5, 0.6) is 0 Å². The van der Waals surface area contributed by atoms with Crippen LogP contribution in [-0.4, -0.2) is 11.2 Å². The first kappa shape index (κ1) is 17.8. The molecule has 4 rings (SSSR count). The minimum atomic E-state index is -0.133. The van der Waals surface area contributed by atoms with Crippen LogP contribution in [0.25, 0.3) is 0 Å². The zero-order valence-electron chi connectivity index (χ0n) is 16.8. The van der Waals surface area contributed by atoms with Crippen molar-refractivity contribution in [2.24, 2.45) is 46.3 Å². The monoisotopic (exact) mass is 342 g/mol. The third-order valence-electron chi connectivity index (χ3n) is 9.40. The molecule has 9 atom stereocenters. The summed E-state index contributed by atoms with van der Waals surface area (Å²) in [5, 5.41) is 10.9. The van der Waals surface area contributed by atoms with Crippen LogP contribution in [0.3, 0.4) is 0 Å². The van der Waals surface area contributed by atoms with Crippen molar-refractivity contribution in [2.45, 2.75) is 78.7 Å². The summed E-state index contributed by atoms with van der Waals surface area (Å²) in [5.74, 6) is 4.03. The van der Waals surface area contributed by atoms with Gasteiger partial charge in [-0.15, -0.1) is 6.58 Å². The molecular formula is C24H38O. The fourth-order valence-corrected chi connectivity index (χ4v) is 7.99. The molecule has 3 fully saturated rings. The first-order valence-electron chi connectivity index (χ1n) is 10.8. The molecule has 1 heteroatoms. The van der Waals surface area contributed by atoms with E-state index >= 15 is 0 Å². The Labute approximate surface area is 155 Å². The van der Waals surface area contributed by atoms with Crippen LogP contribution in [-0.2, 0) is 0 Å². The van der Waals surface area contributed by atoms with Crippen molar-refractivity contribution in [2.75, 3.05) is 0 Å². The number of hydrogen-bond donors (Lipinski definition) is 1. The molecule has 0 spiro atoms. The minimum absolute atomic E-state index is 0.133. The van der Waals surface area contributed by atoms with Crippen LogP contribution in [0, 0.1) is 46.3 Å². The maximum absolute atomic E-state index is 10.9. The molecule has 1 N–H and O–H groups in total. The second kappa shape index (κ2) is 5.98. The molecule has 140 valence electrons. The van der Waals surface area contributed by atoms with E-state index in [9.17, 15) is 5.11 Å². The summed E-state index contributed by atoms with van der Waals surface area (Å²) in [6.45, 7) is 13.8. The lowest BCUT2D eigenvalue weighted by Gasteiger charge is -2.58. The van der Waals surface area contributed by atoms with Crippen molar-refractivity contribution in [3.8, 4) is 0 Å². The summed E-state index contributed by atoms with van der Waals surface area (Å²) in [6.07, 6.45) is 13.7. The lowest BCUT2D eigenvalue weighted by atomic mass is 9.46. The quantitative estimate of drug-likeness (QED) is 0.611. The van der Waals surface area contributed by atoms with E-state index in [0.717, 1.165) is 24.2 Å². The van der Waals surface area contributed by atoms with Gasteiger partial charge in [0.05, 0.1) is 6.10 Å². The van der Waals surface area contributed by atoms with E-state index in [1.165, 1.54) is 38.5 Å². The highest BCUT2D eigenvalue weighted by atomic mass is 16.3. The highest BCUT2D eigenvalue weighted by Crippen LogP contribution is 2.67. The fourth-order valence-electron chi connectivity index (χ4n) is 7.99. The molecular weight excluding hydrogens is 304 g/mol. The number of aliphatic hydroxyl groups is 1. The average molecular weight is 343 g/mol. The molecule has 0 amide bonds. The van der Waals surface area contributed by atoms with Gasteiger partial charge in [0, 0.05) is 0 Å². The van der Waals surface area contributed by atoms with E-state index in [1.807, 2.05) is 0 Å². The number of aliphatic hydroxyl groups excluding tert-OH is 1. The van der Waals surface area contributed by atoms with Gasteiger partial charge in [-0.1, -0.05) is 45.4 Å². The molecule has 0 aromatic heterocycles. The Bertz CT molecular complexity index is 577. The minimum Gasteiger partial charge on any atom is -0.393 e. The predicted octanol–water partition coefficient (Wildman–Crippen LogP) is 5.99. The molecule has 0 heterocycles. The van der Waals surface area contributed by atoms with Crippen LogP contribution in [0.2, 0.25) is 0 Å². The van der Waals surface area contributed by atoms with Crippen molar-refractivity contribution in [3.63, 3.8) is 0 Å². The number of fused-ring (bicyclic) bond motifs is 5. The largest absolute Gasteiger partial charge is 0.393 e. The lowest BCUT2D eigenvalue weighted by Crippen LogP contribution is -2.50. The molecule has 0 radical (unpaired) electrons. The predicted molar refractivity (Wildman–Crippen MR) is 105 cm³/mol. The standard InChI is InChI=1S/C24H38O/c1-6-16(3)22-21(25)14-20-18-8-7-17-13-15(2)9-11-23(17,4)19(18)10-12-24(20,22)5/h6-7,15-16,18-22,25H,1,8-14H2,2-5H3/t15-,16+,18+,19-,20-,21+,22-,23?,24-/m0/s1. The molecule has 0 bridgehead atoms. The van der Waals surface area contributed by atoms with Gasteiger partial charge in [0.1, 0.15) is 0 Å². The molecule has 25 heavy (non-hydrogen) atoms. The summed E-state index contributed by atoms with van der Waals surface area (Å²) in [4.78, 5) is 0. The average Bonchev–Trinajstić information content (AvgIpc) is 2.85. The van der Waals surface area contributed by atoms with E-state index in [1.54, 1.807) is 5.57 Å². The first-order valence-corrected chi connectivity index (χ1v) is 10.8. The molecule has 0 aliphatic heterocycles. The van der Waals surface area contributed by atoms with Gasteiger partial charge in [0.2, 0.25) is 0 Å². The first-order chi connectivity index (χ1) is 11.8. The van der Waals surface area contributed by atoms with E-state index in [-0.39, 0.29) is 6.10 Å². The van der Waals surface area contributed by atoms with Crippen molar-refractivity contribution in [1.29, 1.82) is 0 Å². The van der Waals surface area contributed by atoms with Gasteiger partial charge in [-0.05, 0) is 91.3 Å². The van der Waals surface area contributed by atoms with E-state index < -0.39 is 0 Å². The van der Waals surface area contributed by atoms with Crippen LogP contribution >= 0.6 is 0 Å². The Kier molecular flexibility index (Phi) is 4.26. The summed E-state index contributed by atoms with van der Waals surface area (Å²) < 4.78 is 0. The highest BCUT2D eigenvalue weighted by Gasteiger charge is 2.61. The van der Waals surface area contributed by atoms with E-state index in [2.05, 4.69) is 46.4 Å². The van der Waals surface area contributed by atoms with Gasteiger partial charge in [0.25, 0.3) is 0 Å². The van der Waals surface area contributed by atoms with Gasteiger partial charge < -0.3 is 5.11 Å². The van der Waals surface area contributed by atoms with Crippen molar-refractivity contribution < 1.29 is 5.11 Å². The summed E-state index contributed by atoms with van der Waals surface area (Å²) in [5.41, 5.74) is 2.53. The molecule has 4 aliphatic carbocycles.